The topological polar surface area (TPSA) is 74.8 Å². The van der Waals surface area contributed by atoms with Crippen LogP contribution in [0, 0.1) is 5.82 Å². The summed E-state index contributed by atoms with van der Waals surface area (Å²) in [6.45, 7) is 5.31. The van der Waals surface area contributed by atoms with Crippen LogP contribution in [0.1, 0.15) is 43.2 Å². The Balaban J connectivity index is 1.50. The van der Waals surface area contributed by atoms with Crippen molar-refractivity contribution in [1.29, 1.82) is 0 Å². The molecule has 2 aromatic rings. The van der Waals surface area contributed by atoms with Crippen LogP contribution in [0.3, 0.4) is 0 Å². The number of anilines is 1. The van der Waals surface area contributed by atoms with Crippen LogP contribution < -0.4 is 16.0 Å². The van der Waals surface area contributed by atoms with Crippen molar-refractivity contribution in [2.75, 3.05) is 38.2 Å². The summed E-state index contributed by atoms with van der Waals surface area (Å²) in [6, 6.07) is 14.7. The van der Waals surface area contributed by atoms with Crippen LogP contribution in [0.25, 0.3) is 0 Å². The highest BCUT2D eigenvalue weighted by Gasteiger charge is 2.34. The molecule has 1 amide bonds. The van der Waals surface area contributed by atoms with E-state index in [4.69, 9.17) is 9.73 Å². The van der Waals surface area contributed by atoms with Crippen LogP contribution in [-0.2, 0) is 14.9 Å². The van der Waals surface area contributed by atoms with Gasteiger partial charge in [-0.15, -0.1) is 0 Å². The molecule has 170 valence electrons. The van der Waals surface area contributed by atoms with E-state index in [1.54, 1.807) is 0 Å². The maximum absolute atomic E-state index is 13.5. The third kappa shape index (κ3) is 5.10. The molecule has 1 fully saturated rings. The van der Waals surface area contributed by atoms with Crippen molar-refractivity contribution in [3.63, 3.8) is 0 Å². The first-order valence-electron chi connectivity index (χ1n) is 11.3. The number of halogens is 1. The van der Waals surface area contributed by atoms with Gasteiger partial charge in [0.05, 0.1) is 6.54 Å². The molecule has 32 heavy (non-hydrogen) atoms. The van der Waals surface area contributed by atoms with Gasteiger partial charge in [-0.25, -0.2) is 4.39 Å². The highest BCUT2D eigenvalue weighted by atomic mass is 19.1. The van der Waals surface area contributed by atoms with E-state index in [2.05, 4.69) is 22.0 Å². The van der Waals surface area contributed by atoms with E-state index in [0.29, 0.717) is 32.7 Å². The number of carbonyl (C=O) groups excluding carboxylic acids is 1. The molecule has 1 unspecified atom stereocenters. The third-order valence-corrected chi connectivity index (χ3v) is 6.41. The maximum atomic E-state index is 13.5. The molecule has 0 aromatic heterocycles. The molecule has 7 heteroatoms. The molecule has 0 bridgehead atoms. The van der Waals surface area contributed by atoms with E-state index in [9.17, 15) is 9.18 Å². The van der Waals surface area contributed by atoms with Crippen molar-refractivity contribution in [3.05, 3.63) is 65.5 Å². The number of aliphatic imine (C=N–C) groups is 1. The van der Waals surface area contributed by atoms with Crippen LogP contribution in [-0.4, -0.2) is 44.7 Å². The van der Waals surface area contributed by atoms with Crippen molar-refractivity contribution in [3.8, 4) is 0 Å². The second-order valence-electron chi connectivity index (χ2n) is 8.51. The maximum Gasteiger partial charge on any atom is 0.225 e. The summed E-state index contributed by atoms with van der Waals surface area (Å²) in [4.78, 5) is 17.1. The number of ether oxygens (including phenoxy) is 1. The number of rotatable bonds is 6. The fourth-order valence-corrected chi connectivity index (χ4v) is 4.58. The highest BCUT2D eigenvalue weighted by molar-refractivity contribution is 5.94. The third-order valence-electron chi connectivity index (χ3n) is 6.41. The predicted octanol–water partition coefficient (Wildman–Crippen LogP) is 3.56. The Morgan fingerprint density at radius 3 is 2.66 bits per heavy atom. The lowest BCUT2D eigenvalue weighted by Gasteiger charge is -2.36. The minimum atomic E-state index is -0.230. The summed E-state index contributed by atoms with van der Waals surface area (Å²) < 4.78 is 19.1. The Morgan fingerprint density at radius 2 is 1.91 bits per heavy atom. The van der Waals surface area contributed by atoms with E-state index in [0.717, 1.165) is 42.2 Å². The first kappa shape index (κ1) is 22.3. The van der Waals surface area contributed by atoms with E-state index in [1.165, 1.54) is 12.1 Å². The Hall–Kier alpha value is -2.93. The highest BCUT2D eigenvalue weighted by Crippen LogP contribution is 2.35. The number of benzene rings is 2. The number of amides is 1. The number of guanidine groups is 1. The lowest BCUT2D eigenvalue weighted by molar-refractivity contribution is -0.116. The largest absolute Gasteiger partial charge is 0.381 e. The number of hydrogen-bond acceptors (Lipinski definition) is 3. The van der Waals surface area contributed by atoms with Gasteiger partial charge in [0.1, 0.15) is 5.82 Å². The summed E-state index contributed by atoms with van der Waals surface area (Å²) in [5.74, 6) is 0.614. The Kier molecular flexibility index (Phi) is 7.05. The Morgan fingerprint density at radius 1 is 1.16 bits per heavy atom. The quantitative estimate of drug-likeness (QED) is 0.476. The van der Waals surface area contributed by atoms with Gasteiger partial charge in [-0.05, 0) is 49.1 Å². The van der Waals surface area contributed by atoms with E-state index >= 15 is 0 Å². The average Bonchev–Trinajstić information content (AvgIpc) is 2.81. The predicted molar refractivity (Wildman–Crippen MR) is 125 cm³/mol. The Labute approximate surface area is 188 Å². The molecule has 2 aliphatic heterocycles. The number of fused-ring (bicyclic) bond motifs is 1. The standard InChI is InChI=1S/C25H31FN4O2/c1-2-27-24(28-16-18-15-23(31)30-22-6-4-3-5-21(18)22)29-17-25(11-13-32-14-12-25)19-7-9-20(26)10-8-19/h3-10,18H,2,11-17H2,1H3,(H,30,31)(H2,27,28,29). The molecule has 0 aliphatic carbocycles. The second-order valence-corrected chi connectivity index (χ2v) is 8.51. The number of nitrogens with zero attached hydrogens (tertiary/aromatic N) is 1. The Bertz CT molecular complexity index is 955. The molecule has 1 saturated heterocycles. The van der Waals surface area contributed by atoms with Gasteiger partial charge in [0.15, 0.2) is 5.96 Å². The van der Waals surface area contributed by atoms with Crippen molar-refractivity contribution >= 4 is 17.6 Å². The fourth-order valence-electron chi connectivity index (χ4n) is 4.58. The molecule has 0 spiro atoms. The van der Waals surface area contributed by atoms with Gasteiger partial charge in [-0.2, -0.15) is 0 Å². The molecule has 2 heterocycles. The van der Waals surface area contributed by atoms with Crippen molar-refractivity contribution in [2.24, 2.45) is 4.99 Å². The first-order chi connectivity index (χ1) is 15.6. The molecule has 2 aliphatic rings. The van der Waals surface area contributed by atoms with Gasteiger partial charge in [-0.3, -0.25) is 9.79 Å². The molecular formula is C25H31FN4O2. The second kappa shape index (κ2) is 10.1. The van der Waals surface area contributed by atoms with Gasteiger partial charge < -0.3 is 20.7 Å². The van der Waals surface area contributed by atoms with Gasteiger partial charge in [0.25, 0.3) is 0 Å². The van der Waals surface area contributed by atoms with Crippen LogP contribution >= 0.6 is 0 Å². The number of carbonyl (C=O) groups is 1. The van der Waals surface area contributed by atoms with Gasteiger partial charge in [0, 0.05) is 49.7 Å². The van der Waals surface area contributed by atoms with Crippen LogP contribution in [0.5, 0.6) is 0 Å². The zero-order valence-corrected chi connectivity index (χ0v) is 18.5. The summed E-state index contributed by atoms with van der Waals surface area (Å²) in [5, 5.41) is 9.71. The molecule has 0 radical (unpaired) electrons. The number of para-hydroxylation sites is 1. The molecular weight excluding hydrogens is 407 g/mol. The first-order valence-corrected chi connectivity index (χ1v) is 11.3. The number of nitrogens with one attached hydrogen (secondary N) is 3. The van der Waals surface area contributed by atoms with Crippen LogP contribution in [0.4, 0.5) is 10.1 Å². The lowest BCUT2D eigenvalue weighted by Crippen LogP contribution is -2.43. The SMILES string of the molecule is CCNC(=NCC1(c2ccc(F)cc2)CCOCC1)NCC1CC(=O)Nc2ccccc21. The summed E-state index contributed by atoms with van der Waals surface area (Å²) in [7, 11) is 0. The lowest BCUT2D eigenvalue weighted by atomic mass is 9.74. The van der Waals surface area contributed by atoms with Gasteiger partial charge >= 0.3 is 0 Å². The molecule has 2 aromatic carbocycles. The zero-order chi connectivity index (χ0) is 22.4. The summed E-state index contributed by atoms with van der Waals surface area (Å²) in [5.41, 5.74) is 2.95. The van der Waals surface area contributed by atoms with Crippen molar-refractivity contribution in [2.45, 2.75) is 37.5 Å². The fraction of sp³-hybridized carbons (Fsp3) is 0.440. The van der Waals surface area contributed by atoms with Gasteiger partial charge in [0.2, 0.25) is 5.91 Å². The molecule has 1 atom stereocenters. The molecule has 3 N–H and O–H groups in total. The van der Waals surface area contributed by atoms with E-state index in [-0.39, 0.29) is 23.1 Å². The summed E-state index contributed by atoms with van der Waals surface area (Å²) in [6.07, 6.45) is 2.13. The van der Waals surface area contributed by atoms with E-state index < -0.39 is 0 Å². The normalized spacial score (nSPS) is 20.2. The van der Waals surface area contributed by atoms with Crippen molar-refractivity contribution in [1.82, 2.24) is 10.6 Å². The minimum absolute atomic E-state index is 0.0370. The summed E-state index contributed by atoms with van der Waals surface area (Å²) >= 11 is 0. The van der Waals surface area contributed by atoms with Gasteiger partial charge in [-0.1, -0.05) is 30.3 Å². The van der Waals surface area contributed by atoms with Crippen LogP contribution in [0.2, 0.25) is 0 Å². The average molecular weight is 439 g/mol. The number of hydrogen-bond donors (Lipinski definition) is 3. The monoisotopic (exact) mass is 438 g/mol. The minimum Gasteiger partial charge on any atom is -0.381 e. The molecule has 0 saturated carbocycles. The van der Waals surface area contributed by atoms with Crippen LogP contribution in [0.15, 0.2) is 53.5 Å². The smallest absolute Gasteiger partial charge is 0.225 e. The molecule has 6 nitrogen and oxygen atoms in total. The zero-order valence-electron chi connectivity index (χ0n) is 18.5. The molecule has 4 rings (SSSR count). The van der Waals surface area contributed by atoms with Crippen molar-refractivity contribution < 1.29 is 13.9 Å². The van der Waals surface area contributed by atoms with E-state index in [1.807, 2.05) is 37.3 Å².